The van der Waals surface area contributed by atoms with Gasteiger partial charge in [0.1, 0.15) is 17.3 Å². The van der Waals surface area contributed by atoms with Crippen molar-refractivity contribution < 1.29 is 0 Å². The summed E-state index contributed by atoms with van der Waals surface area (Å²) in [5.74, 6) is 1.51. The van der Waals surface area contributed by atoms with Crippen LogP contribution < -0.4 is 4.90 Å². The average molecular weight is 309 g/mol. The lowest BCUT2D eigenvalue weighted by atomic mass is 9.75. The second-order valence-electron chi connectivity index (χ2n) is 6.15. The van der Waals surface area contributed by atoms with Crippen molar-refractivity contribution >= 4 is 23.2 Å². The Labute approximate surface area is 129 Å². The number of likely N-dealkylation sites (N-methyl/N-ethyl adjacent to an activating group) is 2. The fourth-order valence-electron chi connectivity index (χ4n) is 3.18. The quantitative estimate of drug-likeness (QED) is 0.809. The molecular formula is C14H21ClN6. The molecule has 0 amide bonds. The molecular weight excluding hydrogens is 288 g/mol. The minimum atomic E-state index is 0.240. The van der Waals surface area contributed by atoms with Crippen molar-refractivity contribution in [3.8, 4) is 0 Å². The molecule has 21 heavy (non-hydrogen) atoms. The number of rotatable bonds is 4. The Balaban J connectivity index is 1.99. The highest BCUT2D eigenvalue weighted by atomic mass is 35.5. The molecule has 0 aromatic carbocycles. The van der Waals surface area contributed by atoms with E-state index in [1.807, 2.05) is 6.92 Å². The van der Waals surface area contributed by atoms with Gasteiger partial charge in [-0.15, -0.1) is 0 Å². The lowest BCUT2D eigenvalue weighted by molar-refractivity contribution is 0.0681. The van der Waals surface area contributed by atoms with Gasteiger partial charge in [-0.1, -0.05) is 11.6 Å². The normalized spacial score (nSPS) is 17.2. The zero-order valence-corrected chi connectivity index (χ0v) is 13.7. The van der Waals surface area contributed by atoms with Crippen LogP contribution >= 0.6 is 11.6 Å². The summed E-state index contributed by atoms with van der Waals surface area (Å²) in [5, 5.41) is 4.78. The van der Waals surface area contributed by atoms with E-state index in [0.717, 1.165) is 17.9 Å². The summed E-state index contributed by atoms with van der Waals surface area (Å²) in [6.07, 6.45) is 5.26. The molecule has 0 atom stereocenters. The van der Waals surface area contributed by atoms with Crippen LogP contribution in [0.3, 0.4) is 0 Å². The fourth-order valence-corrected chi connectivity index (χ4v) is 3.34. The largest absolute Gasteiger partial charge is 0.357 e. The highest BCUT2D eigenvalue weighted by Crippen LogP contribution is 2.38. The summed E-state index contributed by atoms with van der Waals surface area (Å²) in [7, 11) is 6.40. The standard InChI is InChI=1S/C14H21ClN6/c1-10-11(15)18-13-16-9-17-21(13)12(10)20(4)8-14(19(2)3)6-5-7-14/h9H,5-8H2,1-4H3. The Morgan fingerprint density at radius 3 is 2.62 bits per heavy atom. The van der Waals surface area contributed by atoms with E-state index in [1.165, 1.54) is 25.6 Å². The number of halogens is 1. The Bertz CT molecular complexity index is 661. The van der Waals surface area contributed by atoms with Gasteiger partial charge in [0.25, 0.3) is 5.78 Å². The second-order valence-corrected chi connectivity index (χ2v) is 6.51. The summed E-state index contributed by atoms with van der Waals surface area (Å²) >= 11 is 6.25. The van der Waals surface area contributed by atoms with Crippen LogP contribution in [0.2, 0.25) is 5.15 Å². The summed E-state index contributed by atoms with van der Waals surface area (Å²) in [4.78, 5) is 13.0. The average Bonchev–Trinajstić information content (AvgIpc) is 2.81. The first-order chi connectivity index (χ1) is 9.94. The van der Waals surface area contributed by atoms with Gasteiger partial charge in [0, 0.05) is 24.7 Å². The molecule has 0 radical (unpaired) electrons. The summed E-state index contributed by atoms with van der Waals surface area (Å²) in [5.41, 5.74) is 1.18. The summed E-state index contributed by atoms with van der Waals surface area (Å²) in [6, 6.07) is 0. The minimum absolute atomic E-state index is 0.240. The van der Waals surface area contributed by atoms with Gasteiger partial charge in [-0.25, -0.2) is 0 Å². The van der Waals surface area contributed by atoms with E-state index >= 15 is 0 Å². The molecule has 0 bridgehead atoms. The molecule has 0 N–H and O–H groups in total. The van der Waals surface area contributed by atoms with Crippen LogP contribution in [-0.4, -0.2) is 57.7 Å². The summed E-state index contributed by atoms with van der Waals surface area (Å²) in [6.45, 7) is 2.92. The molecule has 1 aliphatic carbocycles. The van der Waals surface area contributed by atoms with Gasteiger partial charge in [0.05, 0.1) is 0 Å². The molecule has 3 rings (SSSR count). The van der Waals surface area contributed by atoms with Crippen molar-refractivity contribution in [2.45, 2.75) is 31.7 Å². The van der Waals surface area contributed by atoms with Crippen molar-refractivity contribution in [3.05, 3.63) is 17.0 Å². The molecule has 0 aliphatic heterocycles. The van der Waals surface area contributed by atoms with Crippen LogP contribution in [0.25, 0.3) is 5.78 Å². The number of anilines is 1. The summed E-state index contributed by atoms with van der Waals surface area (Å²) < 4.78 is 1.77. The molecule has 6 nitrogen and oxygen atoms in total. The molecule has 7 heteroatoms. The van der Waals surface area contributed by atoms with Gasteiger partial charge in [-0.05, 0) is 40.3 Å². The molecule has 2 aromatic heterocycles. The van der Waals surface area contributed by atoms with Gasteiger partial charge < -0.3 is 9.80 Å². The Morgan fingerprint density at radius 2 is 2.05 bits per heavy atom. The van der Waals surface area contributed by atoms with Crippen LogP contribution in [0.1, 0.15) is 24.8 Å². The molecule has 1 aliphatic rings. The molecule has 1 saturated carbocycles. The smallest absolute Gasteiger partial charge is 0.255 e. The van der Waals surface area contributed by atoms with Gasteiger partial charge in [0.15, 0.2) is 0 Å². The third-order valence-electron chi connectivity index (χ3n) is 4.70. The maximum atomic E-state index is 6.25. The first-order valence-electron chi connectivity index (χ1n) is 7.19. The van der Waals surface area contributed by atoms with Gasteiger partial charge in [-0.2, -0.15) is 19.6 Å². The first kappa shape index (κ1) is 14.5. The fraction of sp³-hybridized carbons (Fsp3) is 0.643. The van der Waals surface area contributed by atoms with Gasteiger partial charge in [0.2, 0.25) is 0 Å². The lowest BCUT2D eigenvalue weighted by Crippen LogP contribution is -2.57. The molecule has 0 saturated heterocycles. The zero-order chi connectivity index (χ0) is 15.2. The van der Waals surface area contributed by atoms with Crippen molar-refractivity contribution in [3.63, 3.8) is 0 Å². The predicted octanol–water partition coefficient (Wildman–Crippen LogP) is 2.01. The second kappa shape index (κ2) is 5.10. The van der Waals surface area contributed by atoms with E-state index < -0.39 is 0 Å². The highest BCUT2D eigenvalue weighted by Gasteiger charge is 2.40. The van der Waals surface area contributed by atoms with Crippen LogP contribution in [-0.2, 0) is 0 Å². The SMILES string of the molecule is Cc1c(Cl)nc2ncnn2c1N(C)CC1(N(C)C)CCC1. The maximum absolute atomic E-state index is 6.25. The topological polar surface area (TPSA) is 49.6 Å². The lowest BCUT2D eigenvalue weighted by Gasteiger charge is -2.49. The van der Waals surface area contributed by atoms with Crippen LogP contribution in [0.15, 0.2) is 6.33 Å². The maximum Gasteiger partial charge on any atom is 0.255 e. The van der Waals surface area contributed by atoms with E-state index in [0.29, 0.717) is 10.9 Å². The number of hydrogen-bond acceptors (Lipinski definition) is 5. The molecule has 2 aromatic rings. The Kier molecular flexibility index (Phi) is 3.53. The van der Waals surface area contributed by atoms with Crippen LogP contribution in [0.4, 0.5) is 5.82 Å². The molecule has 0 unspecified atom stereocenters. The first-order valence-corrected chi connectivity index (χ1v) is 7.57. The number of fused-ring (bicyclic) bond motifs is 1. The van der Waals surface area contributed by atoms with E-state index in [1.54, 1.807) is 4.52 Å². The Morgan fingerprint density at radius 1 is 1.33 bits per heavy atom. The van der Waals surface area contributed by atoms with Gasteiger partial charge >= 0.3 is 0 Å². The van der Waals surface area contributed by atoms with Crippen molar-refractivity contribution in [1.29, 1.82) is 0 Å². The predicted molar refractivity (Wildman–Crippen MR) is 84.1 cm³/mol. The van der Waals surface area contributed by atoms with E-state index in [-0.39, 0.29) is 5.54 Å². The van der Waals surface area contributed by atoms with E-state index in [9.17, 15) is 0 Å². The third-order valence-corrected chi connectivity index (χ3v) is 5.07. The molecule has 114 valence electrons. The van der Waals surface area contributed by atoms with E-state index in [2.05, 4.69) is 46.0 Å². The number of nitrogens with zero attached hydrogens (tertiary/aromatic N) is 6. The highest BCUT2D eigenvalue weighted by molar-refractivity contribution is 6.30. The molecule has 1 fully saturated rings. The van der Waals surface area contributed by atoms with Gasteiger partial charge in [-0.3, -0.25) is 0 Å². The zero-order valence-electron chi connectivity index (χ0n) is 13.0. The molecule has 2 heterocycles. The number of hydrogen-bond donors (Lipinski definition) is 0. The van der Waals surface area contributed by atoms with Crippen molar-refractivity contribution in [2.24, 2.45) is 0 Å². The monoisotopic (exact) mass is 308 g/mol. The molecule has 0 spiro atoms. The van der Waals surface area contributed by atoms with Crippen LogP contribution in [0, 0.1) is 6.92 Å². The van der Waals surface area contributed by atoms with E-state index in [4.69, 9.17) is 11.6 Å². The third kappa shape index (κ3) is 2.26. The van der Waals surface area contributed by atoms with Crippen molar-refractivity contribution in [2.75, 3.05) is 32.6 Å². The number of aromatic nitrogens is 4. The van der Waals surface area contributed by atoms with Crippen molar-refractivity contribution in [1.82, 2.24) is 24.5 Å². The van der Waals surface area contributed by atoms with Crippen LogP contribution in [0.5, 0.6) is 0 Å². The minimum Gasteiger partial charge on any atom is -0.357 e. The Hall–Kier alpha value is -1.40.